The molecule has 1 aromatic rings. The molecule has 1 atom stereocenters. The van der Waals surface area contributed by atoms with Gasteiger partial charge in [-0.05, 0) is 34.5 Å². The fraction of sp³-hybridized carbons (Fsp3) is 0.385. The van der Waals surface area contributed by atoms with E-state index in [4.69, 9.17) is 4.74 Å². The van der Waals surface area contributed by atoms with Crippen LogP contribution >= 0.6 is 15.9 Å². The van der Waals surface area contributed by atoms with Gasteiger partial charge < -0.3 is 10.1 Å². The van der Waals surface area contributed by atoms with Crippen LogP contribution < -0.4 is 15.0 Å². The Morgan fingerprint density at radius 3 is 2.84 bits per heavy atom. The normalized spacial score (nSPS) is 19.3. The monoisotopic (exact) mass is 326 g/mol. The van der Waals surface area contributed by atoms with Crippen LogP contribution in [0.1, 0.15) is 13.3 Å². The number of benzene rings is 1. The van der Waals surface area contributed by atoms with E-state index in [9.17, 15) is 9.59 Å². The molecule has 2 rings (SSSR count). The molecule has 0 bridgehead atoms. The molecule has 1 unspecified atom stereocenters. The standard InChI is InChI=1S/C13H15BrN2O3/c1-3-10-13(18)15-7-12(17)16(10)11-6-8(19-2)4-5-9(11)14/h4-6,10H,3,7H2,1-2H3,(H,15,18). The number of nitrogens with zero attached hydrogens (tertiary/aromatic N) is 1. The van der Waals surface area contributed by atoms with Gasteiger partial charge in [0.2, 0.25) is 11.8 Å². The molecule has 0 aliphatic carbocycles. The second-order valence-corrected chi connectivity index (χ2v) is 5.08. The van der Waals surface area contributed by atoms with Crippen molar-refractivity contribution in [1.82, 2.24) is 5.32 Å². The molecule has 1 aliphatic heterocycles. The highest BCUT2D eigenvalue weighted by atomic mass is 79.9. The maximum absolute atomic E-state index is 12.1. The highest BCUT2D eigenvalue weighted by Crippen LogP contribution is 2.33. The van der Waals surface area contributed by atoms with Gasteiger partial charge in [0.1, 0.15) is 11.8 Å². The van der Waals surface area contributed by atoms with Gasteiger partial charge in [-0.15, -0.1) is 0 Å². The molecule has 6 heteroatoms. The fourth-order valence-electron chi connectivity index (χ4n) is 2.13. The molecule has 1 saturated heterocycles. The first kappa shape index (κ1) is 13.9. The summed E-state index contributed by atoms with van der Waals surface area (Å²) in [5, 5.41) is 2.60. The topological polar surface area (TPSA) is 58.6 Å². The van der Waals surface area contributed by atoms with Crippen LogP contribution in [0.3, 0.4) is 0 Å². The van der Waals surface area contributed by atoms with Crippen molar-refractivity contribution >= 4 is 33.4 Å². The molecule has 1 aromatic carbocycles. The van der Waals surface area contributed by atoms with E-state index in [1.165, 1.54) is 4.90 Å². The predicted molar refractivity (Wildman–Crippen MR) is 75.3 cm³/mol. The van der Waals surface area contributed by atoms with E-state index in [0.29, 0.717) is 17.9 Å². The maximum atomic E-state index is 12.1. The number of hydrogen-bond acceptors (Lipinski definition) is 3. The molecule has 1 N–H and O–H groups in total. The van der Waals surface area contributed by atoms with Crippen LogP contribution in [0, 0.1) is 0 Å². The third-order valence-electron chi connectivity index (χ3n) is 3.10. The highest BCUT2D eigenvalue weighted by Gasteiger charge is 2.35. The third-order valence-corrected chi connectivity index (χ3v) is 3.77. The highest BCUT2D eigenvalue weighted by molar-refractivity contribution is 9.10. The van der Waals surface area contributed by atoms with Crippen LogP contribution in [0.5, 0.6) is 5.75 Å². The van der Waals surface area contributed by atoms with E-state index < -0.39 is 6.04 Å². The van der Waals surface area contributed by atoms with Gasteiger partial charge in [-0.3, -0.25) is 14.5 Å². The van der Waals surface area contributed by atoms with E-state index >= 15 is 0 Å². The van der Waals surface area contributed by atoms with E-state index in [1.54, 1.807) is 25.3 Å². The molecule has 1 fully saturated rings. The molecule has 1 aliphatic rings. The van der Waals surface area contributed by atoms with Gasteiger partial charge in [0, 0.05) is 10.5 Å². The third kappa shape index (κ3) is 2.58. The Hall–Kier alpha value is -1.56. The van der Waals surface area contributed by atoms with Crippen molar-refractivity contribution in [2.24, 2.45) is 0 Å². The maximum Gasteiger partial charge on any atom is 0.247 e. The number of rotatable bonds is 3. The molecule has 102 valence electrons. The van der Waals surface area contributed by atoms with Gasteiger partial charge in [-0.1, -0.05) is 6.92 Å². The van der Waals surface area contributed by atoms with Crippen LogP contribution in [0.25, 0.3) is 0 Å². The Balaban J connectivity index is 2.47. The summed E-state index contributed by atoms with van der Waals surface area (Å²) >= 11 is 3.42. The molecule has 1 heterocycles. The van der Waals surface area contributed by atoms with Gasteiger partial charge >= 0.3 is 0 Å². The number of methoxy groups -OCH3 is 1. The first-order chi connectivity index (χ1) is 9.08. The molecule has 0 radical (unpaired) electrons. The molecular formula is C13H15BrN2O3. The van der Waals surface area contributed by atoms with Gasteiger partial charge in [-0.25, -0.2) is 0 Å². The lowest BCUT2D eigenvalue weighted by Crippen LogP contribution is -2.58. The number of carbonyl (C=O) groups is 2. The second kappa shape index (κ2) is 5.61. The van der Waals surface area contributed by atoms with Crippen molar-refractivity contribution in [2.45, 2.75) is 19.4 Å². The van der Waals surface area contributed by atoms with Crippen LogP contribution in [-0.2, 0) is 9.59 Å². The average Bonchev–Trinajstić information content (AvgIpc) is 2.42. The lowest BCUT2D eigenvalue weighted by atomic mass is 10.1. The second-order valence-electron chi connectivity index (χ2n) is 4.22. The lowest BCUT2D eigenvalue weighted by molar-refractivity contribution is -0.131. The number of nitrogens with one attached hydrogen (secondary N) is 1. The number of carbonyl (C=O) groups excluding carboxylic acids is 2. The van der Waals surface area contributed by atoms with Crippen molar-refractivity contribution in [3.8, 4) is 5.75 Å². The first-order valence-corrected chi connectivity index (χ1v) is 6.81. The number of ether oxygens (including phenoxy) is 1. The number of anilines is 1. The zero-order valence-corrected chi connectivity index (χ0v) is 12.4. The summed E-state index contributed by atoms with van der Waals surface area (Å²) in [6.07, 6.45) is 0.557. The summed E-state index contributed by atoms with van der Waals surface area (Å²) in [4.78, 5) is 25.5. The quantitative estimate of drug-likeness (QED) is 0.919. The summed E-state index contributed by atoms with van der Waals surface area (Å²) in [5.74, 6) is 0.393. The average molecular weight is 327 g/mol. The Kier molecular flexibility index (Phi) is 4.09. The molecular weight excluding hydrogens is 312 g/mol. The summed E-state index contributed by atoms with van der Waals surface area (Å²) in [5.41, 5.74) is 0.658. The van der Waals surface area contributed by atoms with E-state index in [2.05, 4.69) is 21.2 Å². The Bertz CT molecular complexity index is 519. The van der Waals surface area contributed by atoms with Crippen molar-refractivity contribution < 1.29 is 14.3 Å². The minimum absolute atomic E-state index is 0.0268. The number of piperazine rings is 1. The first-order valence-electron chi connectivity index (χ1n) is 6.01. The zero-order valence-electron chi connectivity index (χ0n) is 10.8. The molecule has 19 heavy (non-hydrogen) atoms. The van der Waals surface area contributed by atoms with Gasteiger partial charge in [0.05, 0.1) is 19.3 Å². The summed E-state index contributed by atoms with van der Waals surface area (Å²) in [6.45, 7) is 1.91. The molecule has 5 nitrogen and oxygen atoms in total. The van der Waals surface area contributed by atoms with E-state index in [0.717, 1.165) is 4.47 Å². The summed E-state index contributed by atoms with van der Waals surface area (Å²) < 4.78 is 5.93. The molecule has 0 aromatic heterocycles. The lowest BCUT2D eigenvalue weighted by Gasteiger charge is -2.35. The number of amides is 2. The fourth-order valence-corrected chi connectivity index (χ4v) is 2.57. The number of halogens is 1. The summed E-state index contributed by atoms with van der Waals surface area (Å²) in [7, 11) is 1.56. The van der Waals surface area contributed by atoms with Crippen molar-refractivity contribution in [2.75, 3.05) is 18.6 Å². The smallest absolute Gasteiger partial charge is 0.247 e. The molecule has 0 saturated carbocycles. The van der Waals surface area contributed by atoms with Crippen molar-refractivity contribution in [1.29, 1.82) is 0 Å². The Morgan fingerprint density at radius 1 is 1.47 bits per heavy atom. The van der Waals surface area contributed by atoms with Gasteiger partial charge in [0.15, 0.2) is 0 Å². The van der Waals surface area contributed by atoms with Crippen LogP contribution in [0.2, 0.25) is 0 Å². The SMILES string of the molecule is CCC1C(=O)NCC(=O)N1c1cc(OC)ccc1Br. The van der Waals surface area contributed by atoms with Crippen LogP contribution in [0.15, 0.2) is 22.7 Å². The predicted octanol–water partition coefficient (Wildman–Crippen LogP) is 1.70. The number of hydrogen-bond donors (Lipinski definition) is 1. The Labute approximate surface area is 120 Å². The van der Waals surface area contributed by atoms with Gasteiger partial charge in [-0.2, -0.15) is 0 Å². The van der Waals surface area contributed by atoms with Crippen LogP contribution in [0.4, 0.5) is 5.69 Å². The van der Waals surface area contributed by atoms with Crippen LogP contribution in [-0.4, -0.2) is 31.5 Å². The summed E-state index contributed by atoms with van der Waals surface area (Å²) in [6, 6.07) is 4.87. The van der Waals surface area contributed by atoms with Gasteiger partial charge in [0.25, 0.3) is 0 Å². The minimum atomic E-state index is -0.482. The van der Waals surface area contributed by atoms with E-state index in [-0.39, 0.29) is 18.4 Å². The molecule has 2 amide bonds. The zero-order chi connectivity index (χ0) is 14.0. The van der Waals surface area contributed by atoms with Crippen molar-refractivity contribution in [3.63, 3.8) is 0 Å². The van der Waals surface area contributed by atoms with E-state index in [1.807, 2.05) is 6.92 Å². The Morgan fingerprint density at radius 2 is 2.21 bits per heavy atom. The largest absolute Gasteiger partial charge is 0.497 e. The van der Waals surface area contributed by atoms with Crippen molar-refractivity contribution in [3.05, 3.63) is 22.7 Å². The molecule has 0 spiro atoms. The minimum Gasteiger partial charge on any atom is -0.497 e.